The third-order valence-electron chi connectivity index (χ3n) is 4.04. The zero-order valence-corrected chi connectivity index (χ0v) is 13.1. The second-order valence-electron chi connectivity index (χ2n) is 5.52. The molecule has 0 spiro atoms. The number of phenolic OH excluding ortho intramolecular Hbond substituents is 1. The first-order chi connectivity index (χ1) is 10.7. The zero-order chi connectivity index (χ0) is 15.1. The molecule has 2 N–H and O–H groups in total. The van der Waals surface area contributed by atoms with E-state index in [9.17, 15) is 5.11 Å². The molecule has 0 atom stereocenters. The Morgan fingerprint density at radius 2 is 1.95 bits per heavy atom. The largest absolute Gasteiger partial charge is 0.508 e. The predicted molar refractivity (Wildman–Crippen MR) is 92.3 cm³/mol. The van der Waals surface area contributed by atoms with Gasteiger partial charge in [0.1, 0.15) is 5.75 Å². The first kappa shape index (κ1) is 13.5. The van der Waals surface area contributed by atoms with Gasteiger partial charge in [0.05, 0.1) is 11.2 Å². The SMILES string of the molecule is Cc1cnc2ccc3c(c2c1Nc1ccc(O)cc1)CCS3. The first-order valence-corrected chi connectivity index (χ1v) is 8.31. The van der Waals surface area contributed by atoms with Crippen molar-refractivity contribution in [2.24, 2.45) is 0 Å². The van der Waals surface area contributed by atoms with Gasteiger partial charge in [-0.3, -0.25) is 4.98 Å². The average molecular weight is 308 g/mol. The van der Waals surface area contributed by atoms with Crippen molar-refractivity contribution >= 4 is 34.0 Å². The molecule has 110 valence electrons. The molecule has 2 aromatic carbocycles. The first-order valence-electron chi connectivity index (χ1n) is 7.32. The Labute approximate surface area is 133 Å². The van der Waals surface area contributed by atoms with Crippen LogP contribution in [0.1, 0.15) is 11.1 Å². The number of hydrogen-bond donors (Lipinski definition) is 2. The van der Waals surface area contributed by atoms with E-state index in [-0.39, 0.29) is 5.75 Å². The van der Waals surface area contributed by atoms with E-state index < -0.39 is 0 Å². The second kappa shape index (κ2) is 5.21. The van der Waals surface area contributed by atoms with Crippen molar-refractivity contribution in [3.05, 3.63) is 53.7 Å². The predicted octanol–water partition coefficient (Wildman–Crippen LogP) is 4.64. The molecule has 1 aliphatic rings. The van der Waals surface area contributed by atoms with Crippen molar-refractivity contribution in [2.45, 2.75) is 18.2 Å². The molecule has 0 amide bonds. The Bertz CT molecular complexity index is 859. The normalized spacial score (nSPS) is 13.3. The maximum absolute atomic E-state index is 9.44. The standard InChI is InChI=1S/C18H16N2OS/c1-11-10-19-15-6-7-16-14(8-9-22-16)17(15)18(11)20-12-2-4-13(21)5-3-12/h2-7,10,21H,8-9H2,1H3,(H,19,20). The highest BCUT2D eigenvalue weighted by Gasteiger charge is 2.18. The van der Waals surface area contributed by atoms with Gasteiger partial charge in [0, 0.05) is 27.9 Å². The summed E-state index contributed by atoms with van der Waals surface area (Å²) in [6.07, 6.45) is 3.01. The fourth-order valence-electron chi connectivity index (χ4n) is 2.93. The summed E-state index contributed by atoms with van der Waals surface area (Å²) in [5.41, 5.74) is 5.66. The van der Waals surface area contributed by atoms with E-state index in [1.165, 1.54) is 15.8 Å². The van der Waals surface area contributed by atoms with Crippen LogP contribution in [0.25, 0.3) is 10.9 Å². The summed E-state index contributed by atoms with van der Waals surface area (Å²) < 4.78 is 0. The van der Waals surface area contributed by atoms with Gasteiger partial charge in [0.25, 0.3) is 0 Å². The van der Waals surface area contributed by atoms with Crippen molar-refractivity contribution in [1.82, 2.24) is 4.98 Å². The number of anilines is 2. The topological polar surface area (TPSA) is 45.2 Å². The minimum atomic E-state index is 0.277. The summed E-state index contributed by atoms with van der Waals surface area (Å²) in [6.45, 7) is 2.08. The molecule has 0 aliphatic carbocycles. The fraction of sp³-hybridized carbons (Fsp3) is 0.167. The van der Waals surface area contributed by atoms with E-state index in [2.05, 4.69) is 29.4 Å². The van der Waals surface area contributed by atoms with Gasteiger partial charge in [-0.15, -0.1) is 11.8 Å². The highest BCUT2D eigenvalue weighted by Crippen LogP contribution is 2.40. The molecule has 4 heteroatoms. The Morgan fingerprint density at radius 3 is 2.77 bits per heavy atom. The third-order valence-corrected chi connectivity index (χ3v) is 5.14. The number of aromatic hydroxyl groups is 1. The van der Waals surface area contributed by atoms with Crippen LogP contribution in [0, 0.1) is 6.92 Å². The molecule has 0 saturated carbocycles. The van der Waals surface area contributed by atoms with E-state index in [1.54, 1.807) is 12.1 Å². The Hall–Kier alpha value is -2.20. The molecule has 0 fully saturated rings. The zero-order valence-electron chi connectivity index (χ0n) is 12.3. The van der Waals surface area contributed by atoms with Gasteiger partial charge in [0.2, 0.25) is 0 Å². The van der Waals surface area contributed by atoms with Crippen LogP contribution in [0.3, 0.4) is 0 Å². The van der Waals surface area contributed by atoms with Crippen LogP contribution in [-0.4, -0.2) is 15.8 Å². The lowest BCUT2D eigenvalue weighted by atomic mass is 10.0. The minimum Gasteiger partial charge on any atom is -0.508 e. The number of nitrogens with zero attached hydrogens (tertiary/aromatic N) is 1. The van der Waals surface area contributed by atoms with Crippen molar-refractivity contribution in [3.63, 3.8) is 0 Å². The molecule has 1 aromatic heterocycles. The Kier molecular flexibility index (Phi) is 3.19. The maximum atomic E-state index is 9.44. The van der Waals surface area contributed by atoms with Gasteiger partial charge >= 0.3 is 0 Å². The molecule has 0 radical (unpaired) electrons. The van der Waals surface area contributed by atoms with Gasteiger partial charge in [-0.25, -0.2) is 0 Å². The van der Waals surface area contributed by atoms with Crippen LogP contribution in [0.5, 0.6) is 5.75 Å². The van der Waals surface area contributed by atoms with Crippen LogP contribution >= 0.6 is 11.8 Å². The van der Waals surface area contributed by atoms with E-state index in [0.29, 0.717) is 0 Å². The summed E-state index contributed by atoms with van der Waals surface area (Å²) in [5.74, 6) is 1.42. The van der Waals surface area contributed by atoms with E-state index >= 15 is 0 Å². The lowest BCUT2D eigenvalue weighted by Crippen LogP contribution is -1.98. The summed E-state index contributed by atoms with van der Waals surface area (Å²) in [7, 11) is 0. The number of nitrogens with one attached hydrogen (secondary N) is 1. The van der Waals surface area contributed by atoms with Crippen molar-refractivity contribution in [1.29, 1.82) is 0 Å². The van der Waals surface area contributed by atoms with Crippen molar-refractivity contribution in [2.75, 3.05) is 11.1 Å². The number of thioether (sulfide) groups is 1. The summed E-state index contributed by atoms with van der Waals surface area (Å²) in [6, 6.07) is 11.5. The number of benzene rings is 2. The number of pyridine rings is 1. The molecule has 0 bridgehead atoms. The van der Waals surface area contributed by atoms with E-state index in [1.807, 2.05) is 30.1 Å². The van der Waals surface area contributed by atoms with Crippen LogP contribution in [0.15, 0.2) is 47.5 Å². The molecule has 3 aromatic rings. The van der Waals surface area contributed by atoms with Crippen LogP contribution in [-0.2, 0) is 6.42 Å². The number of aromatic nitrogens is 1. The number of hydrogen-bond acceptors (Lipinski definition) is 4. The van der Waals surface area contributed by atoms with Crippen molar-refractivity contribution < 1.29 is 5.11 Å². The number of rotatable bonds is 2. The number of aryl methyl sites for hydroxylation is 2. The average Bonchev–Trinajstić information content (AvgIpc) is 3.00. The smallest absolute Gasteiger partial charge is 0.115 e. The van der Waals surface area contributed by atoms with E-state index in [4.69, 9.17) is 0 Å². The molecular formula is C18H16N2OS. The molecule has 22 heavy (non-hydrogen) atoms. The number of fused-ring (bicyclic) bond motifs is 3. The summed E-state index contributed by atoms with van der Waals surface area (Å²) in [5, 5.41) is 14.2. The fourth-order valence-corrected chi connectivity index (χ4v) is 4.00. The highest BCUT2D eigenvalue weighted by molar-refractivity contribution is 7.99. The monoisotopic (exact) mass is 308 g/mol. The molecule has 3 nitrogen and oxygen atoms in total. The highest BCUT2D eigenvalue weighted by atomic mass is 32.2. The van der Waals surface area contributed by atoms with Crippen LogP contribution < -0.4 is 5.32 Å². The van der Waals surface area contributed by atoms with Gasteiger partial charge in [-0.1, -0.05) is 0 Å². The van der Waals surface area contributed by atoms with Crippen LogP contribution in [0.2, 0.25) is 0 Å². The lowest BCUT2D eigenvalue weighted by molar-refractivity contribution is 0.475. The van der Waals surface area contributed by atoms with Crippen LogP contribution in [0.4, 0.5) is 11.4 Å². The van der Waals surface area contributed by atoms with Gasteiger partial charge in [-0.05, 0) is 60.9 Å². The molecule has 1 aliphatic heterocycles. The van der Waals surface area contributed by atoms with Crippen molar-refractivity contribution in [3.8, 4) is 5.75 Å². The quantitative estimate of drug-likeness (QED) is 0.677. The molecule has 0 saturated heterocycles. The molecule has 2 heterocycles. The maximum Gasteiger partial charge on any atom is 0.115 e. The minimum absolute atomic E-state index is 0.277. The van der Waals surface area contributed by atoms with Gasteiger partial charge in [0.15, 0.2) is 0 Å². The molecule has 0 unspecified atom stereocenters. The van der Waals surface area contributed by atoms with Gasteiger partial charge < -0.3 is 10.4 Å². The van der Waals surface area contributed by atoms with E-state index in [0.717, 1.165) is 34.6 Å². The Morgan fingerprint density at radius 1 is 1.14 bits per heavy atom. The molecule has 4 rings (SSSR count). The summed E-state index contributed by atoms with van der Waals surface area (Å²) >= 11 is 1.92. The Balaban J connectivity index is 1.90. The lowest BCUT2D eigenvalue weighted by Gasteiger charge is -2.15. The van der Waals surface area contributed by atoms with Gasteiger partial charge in [-0.2, -0.15) is 0 Å². The summed E-state index contributed by atoms with van der Waals surface area (Å²) in [4.78, 5) is 5.95. The molecular weight excluding hydrogens is 292 g/mol. The number of phenols is 1. The second-order valence-corrected chi connectivity index (χ2v) is 6.66. The third kappa shape index (κ3) is 2.20.